The fourth-order valence-electron chi connectivity index (χ4n) is 3.96. The number of carboxylic acids is 1. The number of nitrogens with zero attached hydrogens (tertiary/aromatic N) is 2. The summed E-state index contributed by atoms with van der Waals surface area (Å²) >= 11 is 19.5. The second-order valence-corrected chi connectivity index (χ2v) is 10.1. The van der Waals surface area contributed by atoms with Crippen molar-refractivity contribution in [1.82, 2.24) is 5.16 Å². The molecule has 0 fully saturated rings. The van der Waals surface area contributed by atoms with Crippen LogP contribution in [-0.4, -0.2) is 23.3 Å². The molecular weight excluding hydrogens is 535 g/mol. The summed E-state index contributed by atoms with van der Waals surface area (Å²) in [4.78, 5) is 13.2. The van der Waals surface area contributed by atoms with Gasteiger partial charge >= 0.3 is 5.97 Å². The zero-order chi connectivity index (χ0) is 26.7. The zero-order valence-electron chi connectivity index (χ0n) is 20.5. The van der Waals surface area contributed by atoms with E-state index in [1.165, 1.54) is 0 Å². The highest BCUT2D eigenvalue weighted by Gasteiger charge is 2.24. The van der Waals surface area contributed by atoms with Crippen LogP contribution in [0.3, 0.4) is 0 Å². The van der Waals surface area contributed by atoms with E-state index in [4.69, 9.17) is 44.1 Å². The van der Waals surface area contributed by atoms with E-state index in [-0.39, 0.29) is 18.1 Å². The van der Waals surface area contributed by atoms with Crippen LogP contribution in [0.15, 0.2) is 65.2 Å². The number of carboxylic acid groups (broad SMARTS) is 1. The number of carbonyl (C=O) groups is 1. The lowest BCUT2D eigenvalue weighted by Gasteiger charge is -2.21. The van der Waals surface area contributed by atoms with Crippen molar-refractivity contribution in [3.8, 4) is 17.0 Å². The van der Waals surface area contributed by atoms with Crippen LogP contribution in [0.1, 0.15) is 47.0 Å². The molecule has 0 aliphatic carbocycles. The molecule has 1 heterocycles. The van der Waals surface area contributed by atoms with Gasteiger partial charge in [-0.25, -0.2) is 4.79 Å². The second kappa shape index (κ2) is 11.5. The maximum Gasteiger partial charge on any atom is 0.335 e. The van der Waals surface area contributed by atoms with Gasteiger partial charge in [-0.15, -0.1) is 0 Å². The molecule has 0 unspecified atom stereocenters. The van der Waals surface area contributed by atoms with Gasteiger partial charge in [0.2, 0.25) is 0 Å². The maximum atomic E-state index is 11.3. The fourth-order valence-corrected chi connectivity index (χ4v) is 4.77. The minimum absolute atomic E-state index is 0.0715. The molecule has 0 aliphatic rings. The molecule has 4 rings (SSSR count). The highest BCUT2D eigenvalue weighted by molar-refractivity contribution is 6.39. The van der Waals surface area contributed by atoms with Gasteiger partial charge in [0, 0.05) is 35.8 Å². The average molecular weight is 560 g/mol. The summed E-state index contributed by atoms with van der Waals surface area (Å²) < 4.78 is 11.7. The van der Waals surface area contributed by atoms with E-state index in [0.29, 0.717) is 44.4 Å². The molecule has 0 spiro atoms. The molecule has 0 bridgehead atoms. The number of aromatic nitrogens is 1. The Hall–Kier alpha value is -3.19. The topological polar surface area (TPSA) is 75.8 Å². The van der Waals surface area contributed by atoms with E-state index in [9.17, 15) is 9.90 Å². The lowest BCUT2D eigenvalue weighted by Crippen LogP contribution is -2.17. The highest BCUT2D eigenvalue weighted by Crippen LogP contribution is 2.39. The van der Waals surface area contributed by atoms with E-state index in [1.54, 1.807) is 42.5 Å². The lowest BCUT2D eigenvalue weighted by molar-refractivity contribution is 0.0697. The maximum absolute atomic E-state index is 11.3. The Morgan fingerprint density at radius 2 is 1.73 bits per heavy atom. The molecule has 0 radical (unpaired) electrons. The summed E-state index contributed by atoms with van der Waals surface area (Å²) in [5.74, 6) is 0.376. The van der Waals surface area contributed by atoms with Crippen LogP contribution in [0.4, 0.5) is 5.69 Å². The molecule has 3 aromatic carbocycles. The molecule has 9 heteroatoms. The first kappa shape index (κ1) is 26.9. The van der Waals surface area contributed by atoms with Gasteiger partial charge in [0.05, 0.1) is 21.2 Å². The van der Waals surface area contributed by atoms with Crippen LogP contribution in [-0.2, 0) is 13.2 Å². The Labute approximate surface area is 230 Å². The van der Waals surface area contributed by atoms with E-state index < -0.39 is 5.97 Å². The normalized spacial score (nSPS) is 11.1. The van der Waals surface area contributed by atoms with Crippen molar-refractivity contribution in [2.24, 2.45) is 0 Å². The van der Waals surface area contributed by atoms with Crippen molar-refractivity contribution in [2.75, 3.05) is 11.9 Å². The van der Waals surface area contributed by atoms with Gasteiger partial charge in [0.15, 0.2) is 0 Å². The summed E-state index contributed by atoms with van der Waals surface area (Å²) in [6, 6.07) is 17.5. The molecule has 1 aromatic heterocycles. The van der Waals surface area contributed by atoms with E-state index >= 15 is 0 Å². The lowest BCUT2D eigenvalue weighted by atomic mass is 10.0. The van der Waals surface area contributed by atoms with Gasteiger partial charge in [0.25, 0.3) is 0 Å². The molecule has 0 atom stereocenters. The standard InChI is InChI=1S/C28H25Cl3N2O4/c1-16(2)27-21(26(32-37-27)25-22(29)8-5-9-23(25)30)15-36-20-11-10-18(24(31)13-20)14-33(3)19-7-4-6-17(12-19)28(34)35/h4-13,16H,14-15H2,1-3H3,(H,34,35). The van der Waals surface area contributed by atoms with Crippen molar-refractivity contribution in [2.45, 2.75) is 32.9 Å². The third-order valence-electron chi connectivity index (χ3n) is 5.89. The molecular formula is C28H25Cl3N2O4. The third-order valence-corrected chi connectivity index (χ3v) is 6.87. The summed E-state index contributed by atoms with van der Waals surface area (Å²) in [6.45, 7) is 4.69. The van der Waals surface area contributed by atoms with Crippen molar-refractivity contribution in [3.05, 3.63) is 98.2 Å². The highest BCUT2D eigenvalue weighted by atomic mass is 35.5. The largest absolute Gasteiger partial charge is 0.489 e. The first-order valence-electron chi connectivity index (χ1n) is 11.5. The number of halogens is 3. The van der Waals surface area contributed by atoms with Gasteiger partial charge in [-0.2, -0.15) is 0 Å². The Kier molecular flexibility index (Phi) is 8.32. The summed E-state index contributed by atoms with van der Waals surface area (Å²) in [7, 11) is 1.88. The predicted molar refractivity (Wildman–Crippen MR) is 147 cm³/mol. The molecule has 0 amide bonds. The van der Waals surface area contributed by atoms with Crippen LogP contribution in [0.5, 0.6) is 5.75 Å². The van der Waals surface area contributed by atoms with Gasteiger partial charge < -0.3 is 19.3 Å². The monoisotopic (exact) mass is 558 g/mol. The zero-order valence-corrected chi connectivity index (χ0v) is 22.7. The summed E-state index contributed by atoms with van der Waals surface area (Å²) in [6.07, 6.45) is 0. The third kappa shape index (κ3) is 6.04. The van der Waals surface area contributed by atoms with E-state index in [2.05, 4.69) is 5.16 Å². The van der Waals surface area contributed by atoms with Gasteiger partial charge in [-0.05, 0) is 48.0 Å². The Morgan fingerprint density at radius 1 is 1.03 bits per heavy atom. The number of hydrogen-bond donors (Lipinski definition) is 1. The molecule has 37 heavy (non-hydrogen) atoms. The van der Waals surface area contributed by atoms with E-state index in [0.717, 1.165) is 16.8 Å². The predicted octanol–water partition coefficient (Wildman–Crippen LogP) is 8.34. The van der Waals surface area contributed by atoms with Gasteiger partial charge in [-0.1, -0.05) is 72.0 Å². The molecule has 6 nitrogen and oxygen atoms in total. The SMILES string of the molecule is CC(C)c1onc(-c2c(Cl)cccc2Cl)c1COc1ccc(CN(C)c2cccc(C(=O)O)c2)c(Cl)c1. The van der Waals surface area contributed by atoms with Crippen molar-refractivity contribution < 1.29 is 19.2 Å². The van der Waals surface area contributed by atoms with Crippen LogP contribution < -0.4 is 9.64 Å². The number of aromatic carboxylic acids is 1. The molecule has 1 N–H and O–H groups in total. The number of hydrogen-bond acceptors (Lipinski definition) is 5. The Morgan fingerprint density at radius 3 is 2.38 bits per heavy atom. The number of rotatable bonds is 9. The first-order chi connectivity index (χ1) is 17.7. The Balaban J connectivity index is 1.53. The minimum Gasteiger partial charge on any atom is -0.489 e. The fraction of sp³-hybridized carbons (Fsp3) is 0.214. The Bertz CT molecular complexity index is 1410. The smallest absolute Gasteiger partial charge is 0.335 e. The summed E-state index contributed by atoms with van der Waals surface area (Å²) in [5.41, 5.74) is 3.79. The van der Waals surface area contributed by atoms with Crippen molar-refractivity contribution in [3.63, 3.8) is 0 Å². The van der Waals surface area contributed by atoms with E-state index in [1.807, 2.05) is 44.0 Å². The molecule has 0 saturated carbocycles. The second-order valence-electron chi connectivity index (χ2n) is 8.88. The minimum atomic E-state index is -0.969. The molecule has 0 aliphatic heterocycles. The van der Waals surface area contributed by atoms with Crippen LogP contribution in [0.25, 0.3) is 11.3 Å². The number of anilines is 1. The van der Waals surface area contributed by atoms with Crippen molar-refractivity contribution >= 4 is 46.5 Å². The molecule has 0 saturated heterocycles. The van der Waals surface area contributed by atoms with Gasteiger partial charge in [-0.3, -0.25) is 0 Å². The van der Waals surface area contributed by atoms with Crippen LogP contribution >= 0.6 is 34.8 Å². The average Bonchev–Trinajstić information content (AvgIpc) is 3.28. The number of benzene rings is 3. The first-order valence-corrected chi connectivity index (χ1v) is 12.7. The molecule has 4 aromatic rings. The van der Waals surface area contributed by atoms with Gasteiger partial charge in [0.1, 0.15) is 23.8 Å². The van der Waals surface area contributed by atoms with Crippen LogP contribution in [0, 0.1) is 0 Å². The molecule has 192 valence electrons. The van der Waals surface area contributed by atoms with Crippen LogP contribution in [0.2, 0.25) is 15.1 Å². The van der Waals surface area contributed by atoms with Crippen molar-refractivity contribution in [1.29, 1.82) is 0 Å². The summed E-state index contributed by atoms with van der Waals surface area (Å²) in [5, 5.41) is 15.0. The number of ether oxygens (including phenoxy) is 1. The quantitative estimate of drug-likeness (QED) is 0.222.